The first kappa shape index (κ1) is 14.9. The predicted molar refractivity (Wildman–Crippen MR) is 79.6 cm³/mol. The Labute approximate surface area is 128 Å². The van der Waals surface area contributed by atoms with Crippen molar-refractivity contribution in [2.45, 2.75) is 26.4 Å². The van der Waals surface area contributed by atoms with Crippen LogP contribution in [0.15, 0.2) is 12.1 Å². The van der Waals surface area contributed by atoms with Crippen LogP contribution < -0.4 is 0 Å². The van der Waals surface area contributed by atoms with E-state index in [1.54, 1.807) is 15.5 Å². The van der Waals surface area contributed by atoms with Gasteiger partial charge in [0.2, 0.25) is 0 Å². The summed E-state index contributed by atoms with van der Waals surface area (Å²) in [7, 11) is 0. The van der Waals surface area contributed by atoms with Gasteiger partial charge in [0.25, 0.3) is 5.91 Å². The average molecular weight is 304 g/mol. The molecule has 3 heterocycles. The molecule has 0 aliphatic carbocycles. The molecule has 2 N–H and O–H groups in total. The molecule has 1 amide bonds. The molecule has 0 saturated carbocycles. The summed E-state index contributed by atoms with van der Waals surface area (Å²) < 4.78 is 1.71. The summed E-state index contributed by atoms with van der Waals surface area (Å²) in [5, 5.41) is 23.5. The molecule has 118 valence electrons. The zero-order chi connectivity index (χ0) is 15.9. The number of fused-ring (bicyclic) bond motifs is 1. The molecule has 3 rings (SSSR count). The van der Waals surface area contributed by atoms with Crippen molar-refractivity contribution in [2.24, 2.45) is 5.92 Å². The van der Waals surface area contributed by atoms with Gasteiger partial charge in [0, 0.05) is 37.4 Å². The molecule has 1 aliphatic rings. The van der Waals surface area contributed by atoms with Crippen LogP contribution in [-0.2, 0) is 0 Å². The minimum Gasteiger partial charge on any atom is -0.396 e. The van der Waals surface area contributed by atoms with Gasteiger partial charge >= 0.3 is 0 Å². The lowest BCUT2D eigenvalue weighted by Crippen LogP contribution is -2.47. The first-order valence-electron chi connectivity index (χ1n) is 7.42. The SMILES string of the molecule is Cc1cc2nc(C(=O)N3CC[C@H](CO)[C@@H](O)C3)cc(C)n2n1. The van der Waals surface area contributed by atoms with E-state index in [-0.39, 0.29) is 25.0 Å². The number of hydrogen-bond acceptors (Lipinski definition) is 5. The van der Waals surface area contributed by atoms with Crippen LogP contribution in [-0.4, -0.2) is 61.4 Å². The van der Waals surface area contributed by atoms with Gasteiger partial charge in [-0.3, -0.25) is 4.79 Å². The fraction of sp³-hybridized carbons (Fsp3) is 0.533. The van der Waals surface area contributed by atoms with Gasteiger partial charge in [0.05, 0.1) is 11.8 Å². The van der Waals surface area contributed by atoms with Gasteiger partial charge < -0.3 is 15.1 Å². The predicted octanol–water partition coefficient (Wildman–Crippen LogP) is 0.161. The smallest absolute Gasteiger partial charge is 0.272 e. The van der Waals surface area contributed by atoms with Gasteiger partial charge in [-0.25, -0.2) is 9.50 Å². The van der Waals surface area contributed by atoms with Gasteiger partial charge in [-0.15, -0.1) is 0 Å². The van der Waals surface area contributed by atoms with Crippen LogP contribution in [0.1, 0.15) is 28.3 Å². The van der Waals surface area contributed by atoms with Crippen LogP contribution in [0.25, 0.3) is 5.65 Å². The highest BCUT2D eigenvalue weighted by Crippen LogP contribution is 2.19. The quantitative estimate of drug-likeness (QED) is 0.825. The van der Waals surface area contributed by atoms with E-state index in [1.165, 1.54) is 0 Å². The van der Waals surface area contributed by atoms with E-state index in [0.717, 1.165) is 11.4 Å². The van der Waals surface area contributed by atoms with Crippen molar-refractivity contribution in [3.8, 4) is 0 Å². The fourth-order valence-corrected chi connectivity index (χ4v) is 2.89. The molecule has 2 aromatic heterocycles. The van der Waals surface area contributed by atoms with Crippen LogP contribution in [0.2, 0.25) is 0 Å². The molecule has 7 heteroatoms. The van der Waals surface area contributed by atoms with Crippen LogP contribution in [0.3, 0.4) is 0 Å². The van der Waals surface area contributed by atoms with Gasteiger partial charge in [-0.1, -0.05) is 0 Å². The second-order valence-electron chi connectivity index (χ2n) is 5.89. The summed E-state index contributed by atoms with van der Waals surface area (Å²) in [5.41, 5.74) is 2.69. The Hall–Kier alpha value is -1.99. The first-order chi connectivity index (χ1) is 10.5. The normalized spacial score (nSPS) is 22.3. The topological polar surface area (TPSA) is 91.0 Å². The third-order valence-electron chi connectivity index (χ3n) is 4.19. The largest absolute Gasteiger partial charge is 0.396 e. The van der Waals surface area contributed by atoms with E-state index in [0.29, 0.717) is 24.3 Å². The van der Waals surface area contributed by atoms with Gasteiger partial charge in [-0.2, -0.15) is 5.10 Å². The summed E-state index contributed by atoms with van der Waals surface area (Å²) in [4.78, 5) is 18.6. The van der Waals surface area contributed by atoms with E-state index in [1.807, 2.05) is 19.9 Å². The number of likely N-dealkylation sites (tertiary alicyclic amines) is 1. The van der Waals surface area contributed by atoms with Crippen LogP contribution in [0.5, 0.6) is 0 Å². The monoisotopic (exact) mass is 304 g/mol. The number of aryl methyl sites for hydroxylation is 2. The molecule has 0 radical (unpaired) electrons. The highest BCUT2D eigenvalue weighted by Gasteiger charge is 2.30. The standard InChI is InChI=1S/C15H20N4O3/c1-9-5-14-16-12(6-10(2)19(14)17-9)15(22)18-4-3-11(8-20)13(21)7-18/h5-6,11,13,20-21H,3-4,7-8H2,1-2H3/t11-,13+/m1/s1. The zero-order valence-electron chi connectivity index (χ0n) is 12.7. The highest BCUT2D eigenvalue weighted by atomic mass is 16.3. The first-order valence-corrected chi connectivity index (χ1v) is 7.42. The average Bonchev–Trinajstić information content (AvgIpc) is 2.87. The number of rotatable bonds is 2. The number of piperidine rings is 1. The van der Waals surface area contributed by atoms with Crippen LogP contribution in [0.4, 0.5) is 0 Å². The molecule has 7 nitrogen and oxygen atoms in total. The minimum absolute atomic E-state index is 0.0540. The molecule has 0 unspecified atom stereocenters. The summed E-state index contributed by atoms with van der Waals surface area (Å²) >= 11 is 0. The number of aliphatic hydroxyl groups excluding tert-OH is 2. The fourth-order valence-electron chi connectivity index (χ4n) is 2.89. The Bertz CT molecular complexity index is 712. The Morgan fingerprint density at radius 2 is 2.18 bits per heavy atom. The Morgan fingerprint density at radius 1 is 1.41 bits per heavy atom. The van der Waals surface area contributed by atoms with E-state index in [4.69, 9.17) is 0 Å². The van der Waals surface area contributed by atoms with Crippen LogP contribution >= 0.6 is 0 Å². The molecule has 1 fully saturated rings. The molecule has 2 atom stereocenters. The number of aromatic nitrogens is 3. The number of amides is 1. The maximum absolute atomic E-state index is 12.6. The van der Waals surface area contributed by atoms with Crippen molar-refractivity contribution >= 4 is 11.6 Å². The number of aliphatic hydroxyl groups is 2. The summed E-state index contributed by atoms with van der Waals surface area (Å²) in [5.74, 6) is -0.349. The maximum Gasteiger partial charge on any atom is 0.272 e. The number of carbonyl (C=O) groups excluding carboxylic acids is 1. The second-order valence-corrected chi connectivity index (χ2v) is 5.89. The molecule has 2 aromatic rings. The van der Waals surface area contributed by atoms with Gasteiger partial charge in [0.15, 0.2) is 5.65 Å². The molecule has 22 heavy (non-hydrogen) atoms. The van der Waals surface area contributed by atoms with Crippen molar-refractivity contribution in [3.63, 3.8) is 0 Å². The number of β-amino-alcohol motifs (C(OH)–C–C–N with tert-alkyl or cyclic N) is 1. The minimum atomic E-state index is -0.690. The van der Waals surface area contributed by atoms with Crippen molar-refractivity contribution in [3.05, 3.63) is 29.2 Å². The third-order valence-corrected chi connectivity index (χ3v) is 4.19. The molecule has 0 spiro atoms. The van der Waals surface area contributed by atoms with E-state index in [9.17, 15) is 15.0 Å². The third kappa shape index (κ3) is 2.57. The molecular weight excluding hydrogens is 284 g/mol. The highest BCUT2D eigenvalue weighted by molar-refractivity contribution is 5.93. The Balaban J connectivity index is 1.86. The Kier molecular flexibility index (Phi) is 3.84. The summed E-state index contributed by atoms with van der Waals surface area (Å²) in [6.07, 6.45) is -0.0964. The zero-order valence-corrected chi connectivity index (χ0v) is 12.7. The number of carbonyl (C=O) groups is 1. The molecular formula is C15H20N4O3. The summed E-state index contributed by atoms with van der Waals surface area (Å²) in [6.45, 7) is 4.46. The van der Waals surface area contributed by atoms with E-state index in [2.05, 4.69) is 10.1 Å². The van der Waals surface area contributed by atoms with Crippen molar-refractivity contribution < 1.29 is 15.0 Å². The second kappa shape index (κ2) is 5.66. The van der Waals surface area contributed by atoms with Crippen molar-refractivity contribution in [2.75, 3.05) is 19.7 Å². The van der Waals surface area contributed by atoms with Gasteiger partial charge in [-0.05, 0) is 26.3 Å². The maximum atomic E-state index is 12.6. The lowest BCUT2D eigenvalue weighted by Gasteiger charge is -2.34. The lowest BCUT2D eigenvalue weighted by molar-refractivity contribution is 0.000663. The molecule has 0 aromatic carbocycles. The number of nitrogens with zero attached hydrogens (tertiary/aromatic N) is 4. The summed E-state index contributed by atoms with van der Waals surface area (Å²) in [6, 6.07) is 3.54. The van der Waals surface area contributed by atoms with E-state index < -0.39 is 6.10 Å². The molecule has 0 bridgehead atoms. The number of hydrogen-bond donors (Lipinski definition) is 2. The Morgan fingerprint density at radius 3 is 2.86 bits per heavy atom. The van der Waals surface area contributed by atoms with E-state index >= 15 is 0 Å². The van der Waals surface area contributed by atoms with Crippen molar-refractivity contribution in [1.29, 1.82) is 0 Å². The lowest BCUT2D eigenvalue weighted by atomic mass is 9.94. The molecule has 1 saturated heterocycles. The van der Waals surface area contributed by atoms with Crippen LogP contribution in [0, 0.1) is 19.8 Å². The van der Waals surface area contributed by atoms with Crippen molar-refractivity contribution in [1.82, 2.24) is 19.5 Å². The van der Waals surface area contributed by atoms with Gasteiger partial charge in [0.1, 0.15) is 5.69 Å². The molecule has 1 aliphatic heterocycles.